The van der Waals surface area contributed by atoms with E-state index >= 15 is 0 Å². The van der Waals surface area contributed by atoms with Crippen LogP contribution >= 0.6 is 11.9 Å². The first-order valence-corrected chi connectivity index (χ1v) is 11.8. The Balaban J connectivity index is 1.37. The minimum atomic E-state index is -2.54. The number of benzene rings is 2. The average molecular weight is 443 g/mol. The number of piperidine rings is 1. The van der Waals surface area contributed by atoms with E-state index < -0.39 is 6.43 Å². The summed E-state index contributed by atoms with van der Waals surface area (Å²) < 4.78 is 27.9. The van der Waals surface area contributed by atoms with Gasteiger partial charge in [-0.25, -0.2) is 8.78 Å². The summed E-state index contributed by atoms with van der Waals surface area (Å²) in [6.07, 6.45) is 1.57. The number of anilines is 1. The van der Waals surface area contributed by atoms with Gasteiger partial charge < -0.3 is 9.21 Å². The molecule has 7 heteroatoms. The Morgan fingerprint density at radius 1 is 0.935 bits per heavy atom. The molecule has 1 fully saturated rings. The Kier molecular flexibility index (Phi) is 7.70. The van der Waals surface area contributed by atoms with Crippen molar-refractivity contribution in [1.82, 2.24) is 4.90 Å². The minimum absolute atomic E-state index is 0.125. The predicted octanol–water partition coefficient (Wildman–Crippen LogP) is 5.64. The molecule has 0 N–H and O–H groups in total. The lowest BCUT2D eigenvalue weighted by atomic mass is 10.0. The van der Waals surface area contributed by atoms with Gasteiger partial charge in [0, 0.05) is 24.4 Å². The molecular formula is C24H28F2N4S. The molecule has 0 atom stereocenters. The molecule has 0 aromatic heterocycles. The molecule has 0 bridgehead atoms. The van der Waals surface area contributed by atoms with Gasteiger partial charge in [0.05, 0.1) is 12.3 Å². The van der Waals surface area contributed by atoms with Crippen LogP contribution in [0.1, 0.15) is 36.8 Å². The van der Waals surface area contributed by atoms with Gasteiger partial charge in [-0.1, -0.05) is 48.9 Å². The summed E-state index contributed by atoms with van der Waals surface area (Å²) in [4.78, 5) is 2.56. The van der Waals surface area contributed by atoms with Crippen molar-refractivity contribution >= 4 is 29.1 Å². The molecule has 0 amide bonds. The maximum absolute atomic E-state index is 12.8. The summed E-state index contributed by atoms with van der Waals surface area (Å²) in [5.41, 5.74) is 3.67. The van der Waals surface area contributed by atoms with E-state index in [1.165, 1.54) is 43.6 Å². The third-order valence-electron chi connectivity index (χ3n) is 5.66. The first-order chi connectivity index (χ1) is 15.2. The molecule has 164 valence electrons. The van der Waals surface area contributed by atoms with Gasteiger partial charge in [0.25, 0.3) is 6.43 Å². The third kappa shape index (κ3) is 6.14. The zero-order valence-corrected chi connectivity index (χ0v) is 18.4. The molecule has 0 radical (unpaired) electrons. The fourth-order valence-corrected chi connectivity index (χ4v) is 4.96. The maximum Gasteiger partial charge on any atom is 0.278 e. The van der Waals surface area contributed by atoms with Crippen molar-refractivity contribution in [3.05, 3.63) is 65.7 Å². The zero-order valence-electron chi connectivity index (χ0n) is 17.6. The van der Waals surface area contributed by atoms with Crippen molar-refractivity contribution in [2.24, 2.45) is 10.2 Å². The van der Waals surface area contributed by atoms with E-state index in [0.717, 1.165) is 24.4 Å². The minimum Gasteiger partial charge on any atom is -0.312 e. The average Bonchev–Trinajstić information content (AvgIpc) is 3.31. The summed E-state index contributed by atoms with van der Waals surface area (Å²) >= 11 is 1.86. The molecule has 0 aliphatic carbocycles. The molecule has 2 aliphatic heterocycles. The third-order valence-corrected chi connectivity index (χ3v) is 6.68. The monoisotopic (exact) mass is 442 g/mol. The van der Waals surface area contributed by atoms with E-state index in [4.69, 9.17) is 0 Å². The van der Waals surface area contributed by atoms with E-state index in [1.807, 2.05) is 30.1 Å². The first kappa shape index (κ1) is 22.0. The predicted molar refractivity (Wildman–Crippen MR) is 126 cm³/mol. The molecule has 4 nitrogen and oxygen atoms in total. The van der Waals surface area contributed by atoms with Crippen molar-refractivity contribution in [2.45, 2.75) is 38.7 Å². The molecule has 0 unspecified atom stereocenters. The van der Waals surface area contributed by atoms with Crippen molar-refractivity contribution in [1.29, 1.82) is 0 Å². The van der Waals surface area contributed by atoms with Crippen LogP contribution in [0, 0.1) is 0 Å². The van der Waals surface area contributed by atoms with E-state index in [1.54, 1.807) is 0 Å². The van der Waals surface area contributed by atoms with Crippen LogP contribution < -0.4 is 4.31 Å². The fraction of sp³-hybridized carbons (Fsp3) is 0.417. The van der Waals surface area contributed by atoms with E-state index in [-0.39, 0.29) is 12.1 Å². The van der Waals surface area contributed by atoms with Gasteiger partial charge in [-0.05, 0) is 61.1 Å². The largest absolute Gasteiger partial charge is 0.312 e. The van der Waals surface area contributed by atoms with Crippen LogP contribution in [0.15, 0.2) is 64.8 Å². The van der Waals surface area contributed by atoms with Gasteiger partial charge in [0.15, 0.2) is 0 Å². The maximum atomic E-state index is 12.8. The van der Waals surface area contributed by atoms with Crippen LogP contribution in [-0.4, -0.2) is 48.1 Å². The first-order valence-electron chi connectivity index (χ1n) is 10.9. The highest BCUT2D eigenvalue weighted by molar-refractivity contribution is 8.00. The molecule has 1 saturated heterocycles. The second-order valence-corrected chi connectivity index (χ2v) is 9.03. The van der Waals surface area contributed by atoms with Crippen LogP contribution in [0.25, 0.3) is 0 Å². The van der Waals surface area contributed by atoms with Crippen molar-refractivity contribution in [3.8, 4) is 0 Å². The van der Waals surface area contributed by atoms with E-state index in [2.05, 4.69) is 55.8 Å². The molecule has 2 heterocycles. The standard InChI is InChI=1S/C24H28F2N4S/c25-24(26)23-17-22(27-28-23)20-11-9-19(10-12-20)18-30(21-7-3-1-4-8-21)31-16-15-29-13-5-2-6-14-29/h1,3-4,7-12,24H,2,5-6,13-18H2. The SMILES string of the molecule is FC(F)C1=NN=C(c2ccc(CN(SCCN3CCCCC3)c3ccccc3)cc2)C1. The Hall–Kier alpha value is -2.25. The van der Waals surface area contributed by atoms with Crippen LogP contribution in [0.5, 0.6) is 0 Å². The van der Waals surface area contributed by atoms with Gasteiger partial charge in [0.1, 0.15) is 5.71 Å². The molecule has 2 aromatic carbocycles. The van der Waals surface area contributed by atoms with Crippen molar-refractivity contribution < 1.29 is 8.78 Å². The van der Waals surface area contributed by atoms with Crippen LogP contribution in [-0.2, 0) is 6.54 Å². The summed E-state index contributed by atoms with van der Waals surface area (Å²) in [7, 11) is 0. The Bertz CT molecular complexity index is 894. The molecular weight excluding hydrogens is 414 g/mol. The quantitative estimate of drug-likeness (QED) is 0.471. The van der Waals surface area contributed by atoms with E-state index in [9.17, 15) is 8.78 Å². The molecule has 2 aliphatic rings. The van der Waals surface area contributed by atoms with Crippen LogP contribution in [0.4, 0.5) is 14.5 Å². The molecule has 0 saturated carbocycles. The highest BCUT2D eigenvalue weighted by Crippen LogP contribution is 2.26. The zero-order chi connectivity index (χ0) is 21.5. The molecule has 0 spiro atoms. The number of para-hydroxylation sites is 1. The summed E-state index contributed by atoms with van der Waals surface area (Å²) in [6.45, 7) is 4.32. The lowest BCUT2D eigenvalue weighted by Gasteiger charge is -2.28. The Morgan fingerprint density at radius 2 is 1.68 bits per heavy atom. The lowest BCUT2D eigenvalue weighted by Crippen LogP contribution is -2.32. The number of hydrogen-bond acceptors (Lipinski definition) is 5. The number of likely N-dealkylation sites (tertiary alicyclic amines) is 1. The molecule has 2 aromatic rings. The summed E-state index contributed by atoms with van der Waals surface area (Å²) in [5, 5.41) is 7.55. The second kappa shape index (κ2) is 10.9. The number of hydrogen-bond donors (Lipinski definition) is 0. The highest BCUT2D eigenvalue weighted by atomic mass is 32.2. The van der Waals surface area contributed by atoms with Crippen molar-refractivity contribution in [3.63, 3.8) is 0 Å². The van der Waals surface area contributed by atoms with Gasteiger partial charge in [-0.2, -0.15) is 10.2 Å². The lowest BCUT2D eigenvalue weighted by molar-refractivity contribution is 0.224. The van der Waals surface area contributed by atoms with Gasteiger partial charge in [-0.15, -0.1) is 0 Å². The number of alkyl halides is 2. The Morgan fingerprint density at radius 3 is 2.35 bits per heavy atom. The molecule has 4 rings (SSSR count). The van der Waals surface area contributed by atoms with Gasteiger partial charge in [0.2, 0.25) is 0 Å². The highest BCUT2D eigenvalue weighted by Gasteiger charge is 2.21. The number of halogens is 2. The number of nitrogens with zero attached hydrogens (tertiary/aromatic N) is 4. The number of rotatable bonds is 9. The smallest absolute Gasteiger partial charge is 0.278 e. The Labute approximate surface area is 187 Å². The van der Waals surface area contributed by atoms with Gasteiger partial charge in [-0.3, -0.25) is 0 Å². The second-order valence-electron chi connectivity index (χ2n) is 7.92. The molecule has 31 heavy (non-hydrogen) atoms. The fourth-order valence-electron chi connectivity index (χ4n) is 3.88. The van der Waals surface area contributed by atoms with E-state index in [0.29, 0.717) is 5.71 Å². The topological polar surface area (TPSA) is 31.2 Å². The summed E-state index contributed by atoms with van der Waals surface area (Å²) in [6, 6.07) is 18.5. The normalized spacial score (nSPS) is 17.0. The van der Waals surface area contributed by atoms with Crippen LogP contribution in [0.2, 0.25) is 0 Å². The van der Waals surface area contributed by atoms with Crippen molar-refractivity contribution in [2.75, 3.05) is 29.7 Å². The van der Waals surface area contributed by atoms with Gasteiger partial charge >= 0.3 is 0 Å². The summed E-state index contributed by atoms with van der Waals surface area (Å²) in [5.74, 6) is 1.05. The van der Waals surface area contributed by atoms with Crippen LogP contribution in [0.3, 0.4) is 0 Å².